The first kappa shape index (κ1) is 13.8. The molecule has 0 unspecified atom stereocenters. The van der Waals surface area contributed by atoms with Crippen LogP contribution in [0.4, 0.5) is 0 Å². The number of nitrogens with zero attached hydrogens (tertiary/aromatic N) is 4. The van der Waals surface area contributed by atoms with E-state index in [1.165, 1.54) is 0 Å². The molecule has 1 saturated heterocycles. The largest absolute Gasteiger partial charge is 0.340 e. The van der Waals surface area contributed by atoms with Gasteiger partial charge in [0, 0.05) is 19.2 Å². The standard InChI is InChI=1S/C14H19N5O2/c1-9-8-11(17-16-9)14(20)19-7-5-3-4-6-12(19)13-15-10(2)21-18-13/h8,12H,3-7H2,1-2H3,(H,16,17)/t12-/m1/s1. The molecule has 112 valence electrons. The number of carbonyl (C=O) groups excluding carboxylic acids is 1. The molecule has 0 aromatic carbocycles. The lowest BCUT2D eigenvalue weighted by Crippen LogP contribution is -2.35. The van der Waals surface area contributed by atoms with Crippen LogP contribution in [0.3, 0.4) is 0 Å². The van der Waals surface area contributed by atoms with Gasteiger partial charge in [0.1, 0.15) is 5.69 Å². The predicted molar refractivity (Wildman–Crippen MR) is 74.6 cm³/mol. The number of aryl methyl sites for hydroxylation is 2. The molecule has 7 nitrogen and oxygen atoms in total. The van der Waals surface area contributed by atoms with Gasteiger partial charge in [0.25, 0.3) is 5.91 Å². The zero-order chi connectivity index (χ0) is 14.8. The van der Waals surface area contributed by atoms with E-state index in [0.29, 0.717) is 24.0 Å². The molecule has 21 heavy (non-hydrogen) atoms. The van der Waals surface area contributed by atoms with Gasteiger partial charge in [0.05, 0.1) is 6.04 Å². The number of hydrogen-bond donors (Lipinski definition) is 1. The maximum Gasteiger partial charge on any atom is 0.274 e. The Balaban J connectivity index is 1.90. The van der Waals surface area contributed by atoms with Crippen molar-refractivity contribution in [3.05, 3.63) is 29.2 Å². The SMILES string of the molecule is Cc1cc(C(=O)N2CCCCC[C@@H]2c2noc(C)n2)n[nH]1. The Labute approximate surface area is 122 Å². The number of hydrogen-bond acceptors (Lipinski definition) is 5. The van der Waals surface area contributed by atoms with E-state index in [9.17, 15) is 4.79 Å². The second-order valence-corrected chi connectivity index (χ2v) is 5.47. The third-order valence-electron chi connectivity index (χ3n) is 3.78. The van der Waals surface area contributed by atoms with E-state index < -0.39 is 0 Å². The normalized spacial score (nSPS) is 19.5. The number of likely N-dealkylation sites (tertiary alicyclic amines) is 1. The molecule has 1 fully saturated rings. The van der Waals surface area contributed by atoms with Gasteiger partial charge < -0.3 is 9.42 Å². The van der Waals surface area contributed by atoms with Crippen molar-refractivity contribution in [2.24, 2.45) is 0 Å². The fourth-order valence-electron chi connectivity index (χ4n) is 2.74. The topological polar surface area (TPSA) is 87.9 Å². The van der Waals surface area contributed by atoms with Crippen molar-refractivity contribution in [1.82, 2.24) is 25.2 Å². The summed E-state index contributed by atoms with van der Waals surface area (Å²) in [7, 11) is 0. The maximum atomic E-state index is 12.7. The zero-order valence-electron chi connectivity index (χ0n) is 12.3. The van der Waals surface area contributed by atoms with Crippen molar-refractivity contribution in [3.63, 3.8) is 0 Å². The lowest BCUT2D eigenvalue weighted by Gasteiger charge is -2.27. The number of rotatable bonds is 2. The Morgan fingerprint density at radius 2 is 2.24 bits per heavy atom. The molecule has 0 spiro atoms. The average Bonchev–Trinajstić information content (AvgIpc) is 3.00. The lowest BCUT2D eigenvalue weighted by atomic mass is 10.1. The van der Waals surface area contributed by atoms with E-state index in [-0.39, 0.29) is 11.9 Å². The van der Waals surface area contributed by atoms with Crippen LogP contribution in [0, 0.1) is 13.8 Å². The van der Waals surface area contributed by atoms with Crippen molar-refractivity contribution < 1.29 is 9.32 Å². The van der Waals surface area contributed by atoms with Crippen LogP contribution in [0.2, 0.25) is 0 Å². The summed E-state index contributed by atoms with van der Waals surface area (Å²) in [6.45, 7) is 4.34. The number of nitrogens with one attached hydrogen (secondary N) is 1. The number of aromatic nitrogens is 4. The van der Waals surface area contributed by atoms with Gasteiger partial charge >= 0.3 is 0 Å². The van der Waals surface area contributed by atoms with Crippen molar-refractivity contribution in [3.8, 4) is 0 Å². The van der Waals surface area contributed by atoms with Crippen LogP contribution in [0.5, 0.6) is 0 Å². The highest BCUT2D eigenvalue weighted by Crippen LogP contribution is 2.29. The van der Waals surface area contributed by atoms with Gasteiger partial charge in [0.2, 0.25) is 5.89 Å². The summed E-state index contributed by atoms with van der Waals surface area (Å²) in [5.74, 6) is 1.04. The third kappa shape index (κ3) is 2.81. The smallest absolute Gasteiger partial charge is 0.274 e. The first-order valence-electron chi connectivity index (χ1n) is 7.28. The van der Waals surface area contributed by atoms with Gasteiger partial charge in [0.15, 0.2) is 5.82 Å². The summed E-state index contributed by atoms with van der Waals surface area (Å²) < 4.78 is 5.08. The highest BCUT2D eigenvalue weighted by atomic mass is 16.5. The Hall–Kier alpha value is -2.18. The molecule has 1 atom stereocenters. The molecular formula is C14H19N5O2. The molecule has 1 aliphatic heterocycles. The monoisotopic (exact) mass is 289 g/mol. The van der Waals surface area contributed by atoms with E-state index in [4.69, 9.17) is 4.52 Å². The number of H-pyrrole nitrogens is 1. The second kappa shape index (κ2) is 5.67. The zero-order valence-corrected chi connectivity index (χ0v) is 12.3. The number of carbonyl (C=O) groups is 1. The van der Waals surface area contributed by atoms with Crippen molar-refractivity contribution in [1.29, 1.82) is 0 Å². The summed E-state index contributed by atoms with van der Waals surface area (Å²) in [6.07, 6.45) is 4.01. The summed E-state index contributed by atoms with van der Waals surface area (Å²) in [5.41, 5.74) is 1.32. The van der Waals surface area contributed by atoms with Crippen LogP contribution in [-0.4, -0.2) is 37.7 Å². The van der Waals surface area contributed by atoms with Crippen LogP contribution in [-0.2, 0) is 0 Å². The highest BCUT2D eigenvalue weighted by molar-refractivity contribution is 5.92. The van der Waals surface area contributed by atoms with E-state index in [1.807, 2.05) is 11.8 Å². The molecule has 2 aromatic rings. The second-order valence-electron chi connectivity index (χ2n) is 5.47. The maximum absolute atomic E-state index is 12.7. The third-order valence-corrected chi connectivity index (χ3v) is 3.78. The van der Waals surface area contributed by atoms with Crippen molar-refractivity contribution >= 4 is 5.91 Å². The molecule has 0 saturated carbocycles. The fourth-order valence-corrected chi connectivity index (χ4v) is 2.74. The first-order valence-corrected chi connectivity index (χ1v) is 7.28. The molecule has 2 aromatic heterocycles. The van der Waals surface area contributed by atoms with Gasteiger partial charge in [-0.15, -0.1) is 0 Å². The van der Waals surface area contributed by atoms with Crippen LogP contribution >= 0.6 is 0 Å². The summed E-state index contributed by atoms with van der Waals surface area (Å²) in [4.78, 5) is 18.8. The molecular weight excluding hydrogens is 270 g/mol. The molecule has 0 radical (unpaired) electrons. The van der Waals surface area contributed by atoms with Gasteiger partial charge in [-0.05, 0) is 25.8 Å². The van der Waals surface area contributed by atoms with Crippen LogP contribution in [0.15, 0.2) is 10.6 Å². The van der Waals surface area contributed by atoms with Crippen LogP contribution in [0.25, 0.3) is 0 Å². The lowest BCUT2D eigenvalue weighted by molar-refractivity contribution is 0.0664. The molecule has 3 rings (SSSR count). The number of aromatic amines is 1. The highest BCUT2D eigenvalue weighted by Gasteiger charge is 2.31. The van der Waals surface area contributed by atoms with E-state index in [1.54, 1.807) is 13.0 Å². The first-order chi connectivity index (χ1) is 10.1. The van der Waals surface area contributed by atoms with Crippen molar-refractivity contribution in [2.75, 3.05) is 6.54 Å². The molecule has 3 heterocycles. The molecule has 1 amide bonds. The average molecular weight is 289 g/mol. The van der Waals surface area contributed by atoms with E-state index >= 15 is 0 Å². The Morgan fingerprint density at radius 1 is 1.38 bits per heavy atom. The van der Waals surface area contributed by atoms with Gasteiger partial charge in [-0.3, -0.25) is 9.89 Å². The quantitative estimate of drug-likeness (QED) is 0.915. The van der Waals surface area contributed by atoms with Crippen molar-refractivity contribution in [2.45, 2.75) is 45.6 Å². The van der Waals surface area contributed by atoms with E-state index in [2.05, 4.69) is 20.3 Å². The minimum absolute atomic E-state index is 0.0753. The van der Waals surface area contributed by atoms with Gasteiger partial charge in [-0.25, -0.2) is 0 Å². The fraction of sp³-hybridized carbons (Fsp3) is 0.571. The Bertz CT molecular complexity index is 633. The molecule has 7 heteroatoms. The Kier molecular flexibility index (Phi) is 3.72. The minimum atomic E-state index is -0.130. The molecule has 0 bridgehead atoms. The summed E-state index contributed by atoms with van der Waals surface area (Å²) in [6, 6.07) is 1.64. The molecule has 0 aliphatic carbocycles. The van der Waals surface area contributed by atoms with Gasteiger partial charge in [-0.1, -0.05) is 18.0 Å². The van der Waals surface area contributed by atoms with Gasteiger partial charge in [-0.2, -0.15) is 10.1 Å². The minimum Gasteiger partial charge on any atom is -0.340 e. The molecule has 1 N–H and O–H groups in total. The number of amides is 1. The predicted octanol–water partition coefficient (Wildman–Crippen LogP) is 2.17. The summed E-state index contributed by atoms with van der Waals surface area (Å²) >= 11 is 0. The summed E-state index contributed by atoms with van der Waals surface area (Å²) in [5, 5.41) is 10.9. The van der Waals surface area contributed by atoms with Crippen LogP contribution in [0.1, 0.15) is 59.6 Å². The van der Waals surface area contributed by atoms with E-state index in [0.717, 1.165) is 31.4 Å². The van der Waals surface area contributed by atoms with Crippen LogP contribution < -0.4 is 0 Å². The molecule has 1 aliphatic rings. The Morgan fingerprint density at radius 3 is 2.90 bits per heavy atom.